The van der Waals surface area contributed by atoms with Crippen LogP contribution in [-0.2, 0) is 0 Å². The van der Waals surface area contributed by atoms with E-state index in [2.05, 4.69) is 26.9 Å². The molecule has 1 aliphatic heterocycles. The molecule has 3 nitrogen and oxygen atoms in total. The minimum Gasteiger partial charge on any atom is -0.348 e. The summed E-state index contributed by atoms with van der Waals surface area (Å²) in [5, 5.41) is 0. The van der Waals surface area contributed by atoms with E-state index in [0.29, 0.717) is 0 Å². The molecule has 0 amide bonds. The van der Waals surface area contributed by atoms with Crippen LogP contribution in [0.4, 0.5) is 5.69 Å². The molecule has 0 spiro atoms. The normalized spacial score (nSPS) is 16.4. The Labute approximate surface area is 78.3 Å². The van der Waals surface area contributed by atoms with Crippen molar-refractivity contribution in [2.24, 2.45) is 4.99 Å². The highest BCUT2D eigenvalue weighted by Crippen LogP contribution is 2.14. The van der Waals surface area contributed by atoms with Gasteiger partial charge in [0.2, 0.25) is 0 Å². The molecule has 1 aliphatic rings. The van der Waals surface area contributed by atoms with Crippen molar-refractivity contribution in [2.45, 2.75) is 0 Å². The Hall–Kier alpha value is -1.51. The Kier molecular flexibility index (Phi) is 2.17. The highest BCUT2D eigenvalue weighted by molar-refractivity contribution is 5.58. The van der Waals surface area contributed by atoms with E-state index < -0.39 is 0 Å². The number of anilines is 1. The van der Waals surface area contributed by atoms with E-state index in [1.807, 2.05) is 31.6 Å². The third kappa shape index (κ3) is 1.80. The van der Waals surface area contributed by atoms with Crippen molar-refractivity contribution in [1.29, 1.82) is 0 Å². The van der Waals surface area contributed by atoms with Gasteiger partial charge in [0.05, 0.1) is 13.0 Å². The van der Waals surface area contributed by atoms with Gasteiger partial charge in [-0.25, -0.2) is 0 Å². The average molecular weight is 175 g/mol. The molecular weight excluding hydrogens is 162 g/mol. The standard InChI is InChI=1S/C10H13N3/c1-12-7-11-8-13(9-12)10-5-3-2-4-6-10/h2-7H,8-9H2,1H3. The fourth-order valence-corrected chi connectivity index (χ4v) is 1.43. The number of para-hydroxylation sites is 1. The van der Waals surface area contributed by atoms with Gasteiger partial charge in [-0.05, 0) is 12.1 Å². The van der Waals surface area contributed by atoms with Crippen molar-refractivity contribution < 1.29 is 0 Å². The molecule has 0 radical (unpaired) electrons. The maximum atomic E-state index is 4.24. The summed E-state index contributed by atoms with van der Waals surface area (Å²) in [6.07, 6.45) is 1.87. The zero-order valence-corrected chi connectivity index (χ0v) is 7.72. The van der Waals surface area contributed by atoms with Gasteiger partial charge in [0, 0.05) is 12.7 Å². The minimum atomic E-state index is 0.758. The predicted octanol–water partition coefficient (Wildman–Crippen LogP) is 1.38. The van der Waals surface area contributed by atoms with Crippen molar-refractivity contribution in [2.75, 3.05) is 25.3 Å². The second kappa shape index (κ2) is 3.47. The molecule has 0 saturated heterocycles. The number of hydrogen-bond acceptors (Lipinski definition) is 3. The maximum absolute atomic E-state index is 4.24. The fraction of sp³-hybridized carbons (Fsp3) is 0.300. The molecule has 0 bridgehead atoms. The van der Waals surface area contributed by atoms with Gasteiger partial charge in [-0.2, -0.15) is 0 Å². The van der Waals surface area contributed by atoms with Crippen LogP contribution in [0.5, 0.6) is 0 Å². The van der Waals surface area contributed by atoms with Gasteiger partial charge in [-0.1, -0.05) is 18.2 Å². The minimum absolute atomic E-state index is 0.758. The SMILES string of the molecule is CN1C=NCN(c2ccccc2)C1. The van der Waals surface area contributed by atoms with Crippen molar-refractivity contribution in [1.82, 2.24) is 4.90 Å². The molecule has 0 unspecified atom stereocenters. The molecule has 0 aliphatic carbocycles. The lowest BCUT2D eigenvalue weighted by molar-refractivity contribution is 0.481. The van der Waals surface area contributed by atoms with Gasteiger partial charge >= 0.3 is 0 Å². The molecule has 2 rings (SSSR count). The van der Waals surface area contributed by atoms with Crippen molar-refractivity contribution in [3.63, 3.8) is 0 Å². The molecule has 0 aromatic heterocycles. The lowest BCUT2D eigenvalue weighted by Gasteiger charge is -2.30. The molecule has 13 heavy (non-hydrogen) atoms. The van der Waals surface area contributed by atoms with Crippen LogP contribution in [0.1, 0.15) is 0 Å². The molecule has 0 N–H and O–H groups in total. The Balaban J connectivity index is 2.15. The summed E-state index contributed by atoms with van der Waals surface area (Å²) in [4.78, 5) is 8.53. The number of aliphatic imine (C=N–C) groups is 1. The maximum Gasteiger partial charge on any atom is 0.113 e. The van der Waals surface area contributed by atoms with Crippen LogP contribution >= 0.6 is 0 Å². The fourth-order valence-electron chi connectivity index (χ4n) is 1.43. The van der Waals surface area contributed by atoms with Gasteiger partial charge in [0.25, 0.3) is 0 Å². The molecule has 1 aromatic carbocycles. The molecule has 3 heteroatoms. The molecule has 1 aromatic rings. The van der Waals surface area contributed by atoms with Gasteiger partial charge in [-0.15, -0.1) is 0 Å². The van der Waals surface area contributed by atoms with Crippen LogP contribution in [0.3, 0.4) is 0 Å². The lowest BCUT2D eigenvalue weighted by Crippen LogP contribution is -2.39. The second-order valence-electron chi connectivity index (χ2n) is 3.21. The first-order valence-electron chi connectivity index (χ1n) is 4.36. The van der Waals surface area contributed by atoms with Crippen LogP contribution < -0.4 is 4.90 Å². The van der Waals surface area contributed by atoms with Gasteiger partial charge in [0.15, 0.2) is 0 Å². The van der Waals surface area contributed by atoms with Crippen LogP contribution in [-0.4, -0.2) is 31.6 Å². The van der Waals surface area contributed by atoms with Gasteiger partial charge in [-0.3, -0.25) is 4.99 Å². The number of benzene rings is 1. The summed E-state index contributed by atoms with van der Waals surface area (Å²) in [7, 11) is 2.03. The van der Waals surface area contributed by atoms with Crippen LogP contribution in [0, 0.1) is 0 Å². The van der Waals surface area contributed by atoms with E-state index >= 15 is 0 Å². The van der Waals surface area contributed by atoms with Crippen molar-refractivity contribution in [3.05, 3.63) is 30.3 Å². The van der Waals surface area contributed by atoms with Gasteiger partial charge in [0.1, 0.15) is 6.67 Å². The van der Waals surface area contributed by atoms with E-state index in [4.69, 9.17) is 0 Å². The van der Waals surface area contributed by atoms with E-state index in [9.17, 15) is 0 Å². The van der Waals surface area contributed by atoms with E-state index in [1.54, 1.807) is 0 Å². The topological polar surface area (TPSA) is 18.8 Å². The number of nitrogens with zero attached hydrogens (tertiary/aromatic N) is 3. The summed E-state index contributed by atoms with van der Waals surface area (Å²) < 4.78 is 0. The Morgan fingerprint density at radius 3 is 2.69 bits per heavy atom. The quantitative estimate of drug-likeness (QED) is 0.642. The van der Waals surface area contributed by atoms with E-state index in [-0.39, 0.29) is 0 Å². The van der Waals surface area contributed by atoms with Crippen molar-refractivity contribution in [3.8, 4) is 0 Å². The third-order valence-electron chi connectivity index (χ3n) is 2.05. The van der Waals surface area contributed by atoms with Crippen LogP contribution in [0.25, 0.3) is 0 Å². The molecule has 68 valence electrons. The number of rotatable bonds is 1. The third-order valence-corrected chi connectivity index (χ3v) is 2.05. The summed E-state index contributed by atoms with van der Waals surface area (Å²) in [6.45, 7) is 1.67. The first-order chi connectivity index (χ1) is 6.36. The summed E-state index contributed by atoms with van der Waals surface area (Å²) in [5.74, 6) is 0. The largest absolute Gasteiger partial charge is 0.348 e. The Morgan fingerprint density at radius 2 is 2.00 bits per heavy atom. The summed E-state index contributed by atoms with van der Waals surface area (Å²) >= 11 is 0. The van der Waals surface area contributed by atoms with E-state index in [0.717, 1.165) is 13.3 Å². The average Bonchev–Trinajstić information content (AvgIpc) is 2.19. The zero-order valence-electron chi connectivity index (χ0n) is 7.72. The van der Waals surface area contributed by atoms with E-state index in [1.165, 1.54) is 5.69 Å². The summed E-state index contributed by atoms with van der Waals surface area (Å²) in [5.41, 5.74) is 1.23. The molecule has 0 fully saturated rings. The first-order valence-corrected chi connectivity index (χ1v) is 4.36. The molecule has 1 heterocycles. The van der Waals surface area contributed by atoms with Crippen LogP contribution in [0.2, 0.25) is 0 Å². The van der Waals surface area contributed by atoms with Crippen molar-refractivity contribution >= 4 is 12.0 Å². The molecule has 0 atom stereocenters. The second-order valence-corrected chi connectivity index (χ2v) is 3.21. The Bertz CT molecular complexity index is 294. The molecule has 0 saturated carbocycles. The summed E-state index contributed by atoms with van der Waals surface area (Å²) in [6, 6.07) is 10.3. The smallest absolute Gasteiger partial charge is 0.113 e. The van der Waals surface area contributed by atoms with Crippen LogP contribution in [0.15, 0.2) is 35.3 Å². The predicted molar refractivity (Wildman–Crippen MR) is 54.9 cm³/mol. The zero-order chi connectivity index (χ0) is 9.10. The van der Waals surface area contributed by atoms with Gasteiger partial charge < -0.3 is 9.80 Å². The first kappa shape index (κ1) is 8.10. The Morgan fingerprint density at radius 1 is 1.23 bits per heavy atom. The highest BCUT2D eigenvalue weighted by atomic mass is 15.4. The monoisotopic (exact) mass is 175 g/mol. The molecular formula is C10H13N3. The lowest BCUT2D eigenvalue weighted by atomic mass is 10.3. The highest BCUT2D eigenvalue weighted by Gasteiger charge is 2.09. The number of hydrogen-bond donors (Lipinski definition) is 0.